The molecule has 5 heteroatoms. The molecule has 0 saturated carbocycles. The Balaban J connectivity index is 1.78. The zero-order chi connectivity index (χ0) is 15.0. The van der Waals surface area contributed by atoms with Gasteiger partial charge < -0.3 is 9.64 Å². The van der Waals surface area contributed by atoms with Gasteiger partial charge in [-0.25, -0.2) is 4.79 Å². The molecule has 0 fully saturated rings. The van der Waals surface area contributed by atoms with Gasteiger partial charge in [0.15, 0.2) is 0 Å². The van der Waals surface area contributed by atoms with E-state index in [1.807, 2.05) is 39.0 Å². The first kappa shape index (κ1) is 13.7. The Morgan fingerprint density at radius 1 is 1.38 bits per heavy atom. The standard InChI is InChI=1S/C16H19N3O2/c1-16(2,3)21-15(20)19-8-7-12(10-19)13-6-4-5-11-9-17-18-14(11)13/h4-7,9H,8,10H2,1-3H3,(H,17,18). The van der Waals surface area contributed by atoms with Crippen molar-refractivity contribution in [3.63, 3.8) is 0 Å². The van der Waals surface area contributed by atoms with Crippen LogP contribution in [0.2, 0.25) is 0 Å². The molecule has 2 heterocycles. The normalized spacial score (nSPS) is 15.4. The number of benzene rings is 1. The molecule has 0 unspecified atom stereocenters. The van der Waals surface area contributed by atoms with Crippen LogP contribution in [-0.2, 0) is 4.74 Å². The number of ether oxygens (including phenoxy) is 1. The van der Waals surface area contributed by atoms with Crippen molar-refractivity contribution in [1.82, 2.24) is 15.1 Å². The van der Waals surface area contributed by atoms with Crippen molar-refractivity contribution < 1.29 is 9.53 Å². The van der Waals surface area contributed by atoms with Gasteiger partial charge in [-0.1, -0.05) is 24.3 Å². The number of rotatable bonds is 1. The van der Waals surface area contributed by atoms with E-state index >= 15 is 0 Å². The van der Waals surface area contributed by atoms with E-state index in [0.29, 0.717) is 13.1 Å². The van der Waals surface area contributed by atoms with E-state index in [1.54, 1.807) is 11.1 Å². The number of H-pyrrole nitrogens is 1. The van der Waals surface area contributed by atoms with Gasteiger partial charge in [-0.05, 0) is 26.3 Å². The van der Waals surface area contributed by atoms with Crippen molar-refractivity contribution in [1.29, 1.82) is 0 Å². The monoisotopic (exact) mass is 285 g/mol. The lowest BCUT2D eigenvalue weighted by atomic mass is 10.0. The van der Waals surface area contributed by atoms with Gasteiger partial charge in [-0.15, -0.1) is 0 Å². The van der Waals surface area contributed by atoms with Gasteiger partial charge in [0.2, 0.25) is 0 Å². The van der Waals surface area contributed by atoms with Crippen molar-refractivity contribution in [2.75, 3.05) is 13.1 Å². The zero-order valence-electron chi connectivity index (χ0n) is 12.5. The van der Waals surface area contributed by atoms with Crippen LogP contribution in [0.1, 0.15) is 26.3 Å². The topological polar surface area (TPSA) is 58.2 Å². The summed E-state index contributed by atoms with van der Waals surface area (Å²) in [5.74, 6) is 0. The maximum Gasteiger partial charge on any atom is 0.410 e. The molecule has 0 radical (unpaired) electrons. The SMILES string of the molecule is CC(C)(C)OC(=O)N1CC=C(c2cccc3cn[nH]c23)C1. The second kappa shape index (κ2) is 4.91. The quantitative estimate of drug-likeness (QED) is 0.875. The summed E-state index contributed by atoms with van der Waals surface area (Å²) in [6.45, 7) is 6.77. The van der Waals surface area contributed by atoms with Crippen LogP contribution in [0.3, 0.4) is 0 Å². The molecule has 5 nitrogen and oxygen atoms in total. The second-order valence-corrected chi connectivity index (χ2v) is 6.23. The number of hydrogen-bond acceptors (Lipinski definition) is 3. The molecule has 0 aliphatic carbocycles. The molecular weight excluding hydrogens is 266 g/mol. The van der Waals surface area contributed by atoms with Gasteiger partial charge in [-0.3, -0.25) is 5.10 Å². The molecule has 1 aromatic carbocycles. The van der Waals surface area contributed by atoms with E-state index < -0.39 is 5.60 Å². The summed E-state index contributed by atoms with van der Waals surface area (Å²) in [4.78, 5) is 13.8. The highest BCUT2D eigenvalue weighted by atomic mass is 16.6. The fourth-order valence-corrected chi connectivity index (χ4v) is 2.45. The Morgan fingerprint density at radius 3 is 2.95 bits per heavy atom. The third kappa shape index (κ3) is 2.77. The summed E-state index contributed by atoms with van der Waals surface area (Å²) in [6.07, 6.45) is 3.60. The highest BCUT2D eigenvalue weighted by Gasteiger charge is 2.26. The smallest absolute Gasteiger partial charge is 0.410 e. The van der Waals surface area contributed by atoms with Gasteiger partial charge in [-0.2, -0.15) is 5.10 Å². The molecule has 3 rings (SSSR count). The van der Waals surface area contributed by atoms with Crippen LogP contribution in [0.15, 0.2) is 30.5 Å². The molecule has 110 valence electrons. The number of amides is 1. The molecule has 1 amide bonds. The van der Waals surface area contributed by atoms with Crippen molar-refractivity contribution in [2.24, 2.45) is 0 Å². The van der Waals surface area contributed by atoms with E-state index in [1.165, 1.54) is 0 Å². The summed E-state index contributed by atoms with van der Waals surface area (Å²) < 4.78 is 5.41. The van der Waals surface area contributed by atoms with E-state index in [9.17, 15) is 4.79 Å². The molecule has 0 bridgehead atoms. The minimum absolute atomic E-state index is 0.273. The third-order valence-corrected chi connectivity index (χ3v) is 3.39. The van der Waals surface area contributed by atoms with Crippen LogP contribution in [0.25, 0.3) is 16.5 Å². The van der Waals surface area contributed by atoms with E-state index in [0.717, 1.165) is 22.0 Å². The number of fused-ring (bicyclic) bond motifs is 1. The van der Waals surface area contributed by atoms with E-state index in [-0.39, 0.29) is 6.09 Å². The Morgan fingerprint density at radius 2 is 2.19 bits per heavy atom. The second-order valence-electron chi connectivity index (χ2n) is 6.23. The first-order chi connectivity index (χ1) is 9.94. The summed E-state index contributed by atoms with van der Waals surface area (Å²) in [5.41, 5.74) is 2.75. The van der Waals surface area contributed by atoms with Crippen LogP contribution < -0.4 is 0 Å². The maximum absolute atomic E-state index is 12.1. The largest absolute Gasteiger partial charge is 0.444 e. The Bertz CT molecular complexity index is 710. The molecule has 1 aliphatic heterocycles. The third-order valence-electron chi connectivity index (χ3n) is 3.39. The van der Waals surface area contributed by atoms with Crippen LogP contribution >= 0.6 is 0 Å². The summed E-state index contributed by atoms with van der Waals surface area (Å²) in [5, 5.41) is 8.17. The van der Waals surface area contributed by atoms with Gasteiger partial charge in [0.1, 0.15) is 5.60 Å². The molecule has 2 aromatic rings. The Kier molecular flexibility index (Phi) is 3.20. The van der Waals surface area contributed by atoms with Crippen LogP contribution in [0.4, 0.5) is 4.79 Å². The summed E-state index contributed by atoms with van der Waals surface area (Å²) >= 11 is 0. The average molecular weight is 285 g/mol. The predicted molar refractivity (Wildman–Crippen MR) is 81.9 cm³/mol. The molecule has 0 atom stereocenters. The molecular formula is C16H19N3O2. The van der Waals surface area contributed by atoms with Crippen LogP contribution in [0.5, 0.6) is 0 Å². The van der Waals surface area contributed by atoms with Gasteiger partial charge >= 0.3 is 6.09 Å². The lowest BCUT2D eigenvalue weighted by Gasteiger charge is -2.24. The maximum atomic E-state index is 12.1. The molecule has 21 heavy (non-hydrogen) atoms. The van der Waals surface area contributed by atoms with Crippen LogP contribution in [0, 0.1) is 0 Å². The number of hydrogen-bond donors (Lipinski definition) is 1. The van der Waals surface area contributed by atoms with E-state index in [4.69, 9.17) is 4.74 Å². The van der Waals surface area contributed by atoms with Crippen LogP contribution in [-0.4, -0.2) is 39.9 Å². The highest BCUT2D eigenvalue weighted by molar-refractivity contribution is 5.92. The van der Waals surface area contributed by atoms with E-state index in [2.05, 4.69) is 16.3 Å². The lowest BCUT2D eigenvalue weighted by Crippen LogP contribution is -2.35. The molecule has 0 saturated heterocycles. The molecule has 1 aliphatic rings. The number of carbonyl (C=O) groups is 1. The first-order valence-electron chi connectivity index (χ1n) is 7.03. The fraction of sp³-hybridized carbons (Fsp3) is 0.375. The summed E-state index contributed by atoms with van der Waals surface area (Å²) in [7, 11) is 0. The van der Waals surface area contributed by atoms with Gasteiger partial charge in [0.25, 0.3) is 0 Å². The zero-order valence-corrected chi connectivity index (χ0v) is 12.5. The number of aromatic amines is 1. The Hall–Kier alpha value is -2.30. The van der Waals surface area contributed by atoms with Gasteiger partial charge in [0.05, 0.1) is 11.7 Å². The molecule has 0 spiro atoms. The van der Waals surface area contributed by atoms with Crippen molar-refractivity contribution in [2.45, 2.75) is 26.4 Å². The van der Waals surface area contributed by atoms with Crippen molar-refractivity contribution in [3.8, 4) is 0 Å². The lowest BCUT2D eigenvalue weighted by molar-refractivity contribution is 0.0306. The molecule has 1 N–H and O–H groups in total. The van der Waals surface area contributed by atoms with Crippen molar-refractivity contribution in [3.05, 3.63) is 36.0 Å². The predicted octanol–water partition coefficient (Wildman–Crippen LogP) is 3.20. The fourth-order valence-electron chi connectivity index (χ4n) is 2.45. The summed E-state index contributed by atoms with van der Waals surface area (Å²) in [6, 6.07) is 6.07. The number of carbonyl (C=O) groups excluding carboxylic acids is 1. The number of nitrogens with one attached hydrogen (secondary N) is 1. The first-order valence-corrected chi connectivity index (χ1v) is 7.03. The number of aromatic nitrogens is 2. The highest BCUT2D eigenvalue weighted by Crippen LogP contribution is 2.27. The van der Waals surface area contributed by atoms with Gasteiger partial charge in [0, 0.05) is 24.0 Å². The van der Waals surface area contributed by atoms with Crippen molar-refractivity contribution >= 4 is 22.6 Å². The number of nitrogens with zero attached hydrogens (tertiary/aromatic N) is 2. The average Bonchev–Trinajstić information content (AvgIpc) is 3.05. The Labute approximate surface area is 123 Å². The minimum Gasteiger partial charge on any atom is -0.444 e. The molecule has 1 aromatic heterocycles. The number of para-hydroxylation sites is 1. The minimum atomic E-state index is -0.469.